The van der Waals surface area contributed by atoms with Crippen LogP contribution in [-0.2, 0) is 12.4 Å². The molecule has 0 fully saturated rings. The van der Waals surface area contributed by atoms with E-state index in [4.69, 9.17) is 0 Å². The van der Waals surface area contributed by atoms with Crippen molar-refractivity contribution in [3.8, 4) is 39.1 Å². The molecule has 9 rings (SSSR count). The fourth-order valence-electron chi connectivity index (χ4n) is 7.64. The quantitative estimate of drug-likeness (QED) is 0.127. The number of alkyl halides is 6. The Hall–Kier alpha value is -6.34. The second-order valence-corrected chi connectivity index (χ2v) is 13.1. The Morgan fingerprint density at radius 3 is 1.30 bits per heavy atom. The molecule has 0 saturated carbocycles. The maximum absolute atomic E-state index is 13.6. The number of nitrogens with zero attached hydrogens (tertiary/aromatic N) is 1. The van der Waals surface area contributed by atoms with Crippen LogP contribution in [0.2, 0.25) is 0 Å². The Bertz CT molecular complexity index is 2830. The highest BCUT2D eigenvalue weighted by Gasteiger charge is 2.31. The monoisotopic (exact) mass is 707 g/mol. The minimum atomic E-state index is -4.50. The van der Waals surface area contributed by atoms with Crippen molar-refractivity contribution in [3.63, 3.8) is 0 Å². The summed E-state index contributed by atoms with van der Waals surface area (Å²) in [6, 6.07) is 48.5. The van der Waals surface area contributed by atoms with Gasteiger partial charge in [-0.15, -0.1) is 0 Å². The number of hydrogen-bond acceptors (Lipinski definition) is 0. The van der Waals surface area contributed by atoms with E-state index in [0.29, 0.717) is 11.1 Å². The third kappa shape index (κ3) is 5.51. The summed E-state index contributed by atoms with van der Waals surface area (Å²) in [5.74, 6) is 0. The van der Waals surface area contributed by atoms with Crippen LogP contribution in [0.25, 0.3) is 82.4 Å². The molecule has 53 heavy (non-hydrogen) atoms. The molecular weight excluding hydrogens is 681 g/mol. The van der Waals surface area contributed by atoms with Gasteiger partial charge < -0.3 is 4.57 Å². The Morgan fingerprint density at radius 2 is 0.736 bits per heavy atom. The van der Waals surface area contributed by atoms with E-state index in [1.54, 1.807) is 0 Å². The third-order valence-corrected chi connectivity index (χ3v) is 10.0. The Labute approximate surface area is 300 Å². The van der Waals surface area contributed by atoms with Crippen molar-refractivity contribution in [2.75, 3.05) is 0 Å². The topological polar surface area (TPSA) is 4.93 Å². The first-order valence-electron chi connectivity index (χ1n) is 17.0. The molecule has 0 N–H and O–H groups in total. The van der Waals surface area contributed by atoms with E-state index >= 15 is 0 Å². The number of rotatable bonds is 4. The Kier molecular flexibility index (Phi) is 7.45. The molecule has 9 aromatic rings. The minimum Gasteiger partial charge on any atom is -0.309 e. The molecule has 0 atom stereocenters. The van der Waals surface area contributed by atoms with Gasteiger partial charge in [0.05, 0.1) is 22.2 Å². The van der Waals surface area contributed by atoms with Gasteiger partial charge in [0.25, 0.3) is 0 Å². The predicted octanol–water partition coefficient (Wildman–Crippen LogP) is 14.1. The lowest BCUT2D eigenvalue weighted by molar-refractivity contribution is -0.138. The average Bonchev–Trinajstić information content (AvgIpc) is 3.50. The summed E-state index contributed by atoms with van der Waals surface area (Å²) in [5, 5.41) is 5.24. The maximum atomic E-state index is 13.6. The SMILES string of the molecule is FC(F)(F)c1ccc(-c2c3ccccc3c(-c3ccc(C(F)(F)F)cc3)c3cc(-c4ccc5c(c4)c4ccccc4n5-c4ccccc4)ccc23)cc1. The fourth-order valence-corrected chi connectivity index (χ4v) is 7.64. The van der Waals surface area contributed by atoms with Crippen molar-refractivity contribution in [3.05, 3.63) is 175 Å². The summed E-state index contributed by atoms with van der Waals surface area (Å²) >= 11 is 0. The molecule has 8 aromatic carbocycles. The molecular formula is C46H27F6N. The highest BCUT2D eigenvalue weighted by Crippen LogP contribution is 2.46. The van der Waals surface area contributed by atoms with Crippen LogP contribution in [0, 0.1) is 0 Å². The maximum Gasteiger partial charge on any atom is 0.416 e. The van der Waals surface area contributed by atoms with Crippen LogP contribution in [-0.4, -0.2) is 4.57 Å². The van der Waals surface area contributed by atoms with Crippen molar-refractivity contribution >= 4 is 43.4 Å². The normalized spacial score (nSPS) is 12.3. The van der Waals surface area contributed by atoms with E-state index in [1.807, 2.05) is 72.8 Å². The molecule has 0 aliphatic heterocycles. The van der Waals surface area contributed by atoms with Crippen LogP contribution in [0.5, 0.6) is 0 Å². The van der Waals surface area contributed by atoms with E-state index in [-0.39, 0.29) is 0 Å². The smallest absolute Gasteiger partial charge is 0.309 e. The highest BCUT2D eigenvalue weighted by atomic mass is 19.4. The molecule has 0 aliphatic rings. The molecule has 0 bridgehead atoms. The van der Waals surface area contributed by atoms with Crippen LogP contribution in [0.15, 0.2) is 164 Å². The predicted molar refractivity (Wildman–Crippen MR) is 202 cm³/mol. The zero-order chi connectivity index (χ0) is 36.5. The molecule has 1 nitrogen and oxygen atoms in total. The van der Waals surface area contributed by atoms with Gasteiger partial charge in [0.2, 0.25) is 0 Å². The Balaban J connectivity index is 1.31. The van der Waals surface area contributed by atoms with Gasteiger partial charge in [-0.25, -0.2) is 0 Å². The van der Waals surface area contributed by atoms with Crippen molar-refractivity contribution in [2.24, 2.45) is 0 Å². The highest BCUT2D eigenvalue weighted by molar-refractivity contribution is 6.22. The van der Waals surface area contributed by atoms with Gasteiger partial charge >= 0.3 is 12.4 Å². The first kappa shape index (κ1) is 32.6. The first-order valence-corrected chi connectivity index (χ1v) is 17.0. The zero-order valence-corrected chi connectivity index (χ0v) is 27.8. The zero-order valence-electron chi connectivity index (χ0n) is 27.8. The van der Waals surface area contributed by atoms with E-state index in [0.717, 1.165) is 95.6 Å². The van der Waals surface area contributed by atoms with Crippen LogP contribution in [0.1, 0.15) is 11.1 Å². The molecule has 0 amide bonds. The lowest BCUT2D eigenvalue weighted by Crippen LogP contribution is -2.04. The number of fused-ring (bicyclic) bond motifs is 5. The van der Waals surface area contributed by atoms with Crippen LogP contribution in [0.3, 0.4) is 0 Å². The summed E-state index contributed by atoms with van der Waals surface area (Å²) in [5.41, 5.74) is 6.16. The third-order valence-electron chi connectivity index (χ3n) is 10.0. The number of aromatic nitrogens is 1. The largest absolute Gasteiger partial charge is 0.416 e. The van der Waals surface area contributed by atoms with E-state index in [9.17, 15) is 26.3 Å². The molecule has 0 aliphatic carbocycles. The van der Waals surface area contributed by atoms with Crippen molar-refractivity contribution < 1.29 is 26.3 Å². The second-order valence-electron chi connectivity index (χ2n) is 13.1. The van der Waals surface area contributed by atoms with Crippen LogP contribution < -0.4 is 0 Å². The van der Waals surface area contributed by atoms with Gasteiger partial charge in [0, 0.05) is 16.5 Å². The average molecular weight is 708 g/mol. The standard InChI is InChI=1S/C46H27F6N/c47-45(48,49)32-20-14-28(15-21-32)43-36-11-4-5-12-37(36)44(29-16-22-33(23-17-29)46(50,51)52)40-27-30(18-24-38(40)43)31-19-25-42-39(26-31)35-10-6-7-13-41(35)53(42)34-8-2-1-3-9-34/h1-27H. The summed E-state index contributed by atoms with van der Waals surface area (Å²) in [6.07, 6.45) is -8.98. The molecule has 0 spiro atoms. The second kappa shape index (κ2) is 12.1. The minimum absolute atomic E-state index is 0.594. The van der Waals surface area contributed by atoms with Gasteiger partial charge in [-0.05, 0) is 116 Å². The molecule has 0 unspecified atom stereocenters. The summed E-state index contributed by atoms with van der Waals surface area (Å²) in [6.45, 7) is 0. The molecule has 0 saturated heterocycles. The summed E-state index contributed by atoms with van der Waals surface area (Å²) in [4.78, 5) is 0. The van der Waals surface area contributed by atoms with Gasteiger partial charge in [0.15, 0.2) is 0 Å². The van der Waals surface area contributed by atoms with Gasteiger partial charge in [-0.3, -0.25) is 0 Å². The number of hydrogen-bond donors (Lipinski definition) is 0. The number of benzene rings is 8. The molecule has 258 valence electrons. The number of para-hydroxylation sites is 2. The van der Waals surface area contributed by atoms with Gasteiger partial charge in [-0.1, -0.05) is 103 Å². The first-order chi connectivity index (χ1) is 25.6. The van der Waals surface area contributed by atoms with Gasteiger partial charge in [-0.2, -0.15) is 26.3 Å². The van der Waals surface area contributed by atoms with Crippen molar-refractivity contribution in [1.82, 2.24) is 4.57 Å². The van der Waals surface area contributed by atoms with Crippen molar-refractivity contribution in [1.29, 1.82) is 0 Å². The number of halogens is 6. The molecule has 7 heteroatoms. The molecule has 0 radical (unpaired) electrons. The fraction of sp³-hybridized carbons (Fsp3) is 0.0435. The van der Waals surface area contributed by atoms with E-state index < -0.39 is 23.5 Å². The summed E-state index contributed by atoms with van der Waals surface area (Å²) < 4.78 is 83.9. The Morgan fingerprint density at radius 1 is 0.321 bits per heavy atom. The van der Waals surface area contributed by atoms with Crippen LogP contribution >= 0.6 is 0 Å². The van der Waals surface area contributed by atoms with E-state index in [2.05, 4.69) is 47.0 Å². The lowest BCUT2D eigenvalue weighted by atomic mass is 9.84. The summed E-state index contributed by atoms with van der Waals surface area (Å²) in [7, 11) is 0. The van der Waals surface area contributed by atoms with E-state index in [1.165, 1.54) is 24.3 Å². The van der Waals surface area contributed by atoms with Crippen LogP contribution in [0.4, 0.5) is 26.3 Å². The lowest BCUT2D eigenvalue weighted by Gasteiger charge is -2.19. The molecule has 1 heterocycles. The van der Waals surface area contributed by atoms with Crippen molar-refractivity contribution in [2.45, 2.75) is 12.4 Å². The molecule has 1 aromatic heterocycles. The van der Waals surface area contributed by atoms with Gasteiger partial charge in [0.1, 0.15) is 0 Å².